The maximum absolute atomic E-state index is 13.5. The number of hydrogen-bond donors (Lipinski definition) is 2. The van der Waals surface area contributed by atoms with Gasteiger partial charge in [-0.2, -0.15) is 0 Å². The van der Waals surface area contributed by atoms with E-state index in [1.165, 1.54) is 24.3 Å². The van der Waals surface area contributed by atoms with Crippen molar-refractivity contribution in [1.29, 1.82) is 0 Å². The summed E-state index contributed by atoms with van der Waals surface area (Å²) in [7, 11) is 0. The molecule has 0 radical (unpaired) electrons. The highest BCUT2D eigenvalue weighted by Crippen LogP contribution is 2.09. The number of nitrogens with one attached hydrogen (secondary N) is 2. The van der Waals surface area contributed by atoms with Gasteiger partial charge in [0, 0.05) is 30.7 Å². The highest BCUT2D eigenvalue weighted by molar-refractivity contribution is 5.94. The van der Waals surface area contributed by atoms with Crippen molar-refractivity contribution >= 4 is 22.7 Å². The van der Waals surface area contributed by atoms with Crippen LogP contribution in [-0.2, 0) is 11.3 Å². The molecule has 27 heavy (non-hydrogen) atoms. The van der Waals surface area contributed by atoms with Gasteiger partial charge in [-0.3, -0.25) is 14.4 Å². The first-order chi connectivity index (χ1) is 13.1. The van der Waals surface area contributed by atoms with Gasteiger partial charge in [-0.15, -0.1) is 0 Å². The minimum absolute atomic E-state index is 0.0384. The highest BCUT2D eigenvalue weighted by Gasteiger charge is 2.10. The summed E-state index contributed by atoms with van der Waals surface area (Å²) >= 11 is 0. The third-order valence-corrected chi connectivity index (χ3v) is 4.05. The third-order valence-electron chi connectivity index (χ3n) is 4.05. The van der Waals surface area contributed by atoms with Crippen LogP contribution >= 0.6 is 0 Å². The smallest absolute Gasteiger partial charge is 0.254 e. The Labute approximate surface area is 154 Å². The van der Waals surface area contributed by atoms with Gasteiger partial charge in [0.2, 0.25) is 5.91 Å². The lowest BCUT2D eigenvalue weighted by Crippen LogP contribution is -2.36. The number of pyridine rings is 1. The molecule has 0 saturated heterocycles. The minimum Gasteiger partial charge on any atom is -0.353 e. The molecule has 1 aromatic heterocycles. The van der Waals surface area contributed by atoms with Gasteiger partial charge in [0.1, 0.15) is 12.4 Å². The zero-order valence-corrected chi connectivity index (χ0v) is 14.4. The summed E-state index contributed by atoms with van der Waals surface area (Å²) in [4.78, 5) is 35.9. The molecule has 0 atom stereocenters. The minimum atomic E-state index is -0.593. The van der Waals surface area contributed by atoms with Crippen molar-refractivity contribution in [2.24, 2.45) is 0 Å². The molecule has 0 aliphatic carbocycles. The summed E-state index contributed by atoms with van der Waals surface area (Å²) in [5.74, 6) is -1.39. The molecule has 0 unspecified atom stereocenters. The van der Waals surface area contributed by atoms with E-state index in [0.29, 0.717) is 10.9 Å². The average molecular weight is 367 g/mol. The Balaban J connectivity index is 1.52. The van der Waals surface area contributed by atoms with E-state index < -0.39 is 11.7 Å². The number of carbonyl (C=O) groups excluding carboxylic acids is 2. The lowest BCUT2D eigenvalue weighted by Gasteiger charge is -2.11. The molecule has 0 spiro atoms. The van der Waals surface area contributed by atoms with Crippen molar-refractivity contribution in [3.8, 4) is 0 Å². The molecule has 0 fully saturated rings. The zero-order valence-electron chi connectivity index (χ0n) is 14.4. The number of carbonyl (C=O) groups is 2. The molecule has 7 heteroatoms. The molecule has 0 saturated carbocycles. The second-order valence-electron chi connectivity index (χ2n) is 5.91. The first kappa shape index (κ1) is 18.3. The summed E-state index contributed by atoms with van der Waals surface area (Å²) in [6.45, 7) is 0.420. The second kappa shape index (κ2) is 8.27. The van der Waals surface area contributed by atoms with Gasteiger partial charge in [0.25, 0.3) is 5.91 Å². The van der Waals surface area contributed by atoms with Gasteiger partial charge in [0.05, 0.1) is 11.1 Å². The number of aromatic nitrogens is 1. The number of halogens is 1. The summed E-state index contributed by atoms with van der Waals surface area (Å²) in [5.41, 5.74) is 0.537. The molecule has 0 aliphatic rings. The van der Waals surface area contributed by atoms with Crippen molar-refractivity contribution in [3.05, 3.63) is 82.4 Å². The Kier molecular flexibility index (Phi) is 5.61. The van der Waals surface area contributed by atoms with Crippen LogP contribution < -0.4 is 16.1 Å². The first-order valence-electron chi connectivity index (χ1n) is 8.44. The Bertz CT molecular complexity index is 1050. The van der Waals surface area contributed by atoms with E-state index in [-0.39, 0.29) is 36.5 Å². The van der Waals surface area contributed by atoms with Gasteiger partial charge in [-0.05, 0) is 24.3 Å². The fourth-order valence-corrected chi connectivity index (χ4v) is 2.73. The number of rotatable bonds is 6. The summed E-state index contributed by atoms with van der Waals surface area (Å²) in [6.07, 6.45) is 1.57. The van der Waals surface area contributed by atoms with E-state index in [1.54, 1.807) is 41.1 Å². The molecular weight excluding hydrogens is 349 g/mol. The second-order valence-corrected chi connectivity index (χ2v) is 5.91. The lowest BCUT2D eigenvalue weighted by molar-refractivity contribution is -0.121. The van der Waals surface area contributed by atoms with Crippen molar-refractivity contribution in [2.75, 3.05) is 13.1 Å². The van der Waals surface area contributed by atoms with Crippen LogP contribution in [0.4, 0.5) is 4.39 Å². The fraction of sp³-hybridized carbons (Fsp3) is 0.150. The highest BCUT2D eigenvalue weighted by atomic mass is 19.1. The van der Waals surface area contributed by atoms with Crippen LogP contribution in [-0.4, -0.2) is 29.5 Å². The van der Waals surface area contributed by atoms with E-state index >= 15 is 0 Å². The SMILES string of the molecule is O=C(Cn1ccc(=O)c2ccccc21)NCCNC(=O)c1ccccc1F. The molecule has 138 valence electrons. The molecule has 1 heterocycles. The van der Waals surface area contributed by atoms with E-state index in [9.17, 15) is 18.8 Å². The molecular formula is C20H18FN3O3. The number of hydrogen-bond acceptors (Lipinski definition) is 3. The van der Waals surface area contributed by atoms with E-state index in [0.717, 1.165) is 0 Å². The van der Waals surface area contributed by atoms with Gasteiger partial charge < -0.3 is 15.2 Å². The molecule has 2 N–H and O–H groups in total. The van der Waals surface area contributed by atoms with Crippen molar-refractivity contribution < 1.29 is 14.0 Å². The lowest BCUT2D eigenvalue weighted by atomic mass is 10.2. The van der Waals surface area contributed by atoms with Crippen LogP contribution in [0.1, 0.15) is 10.4 Å². The van der Waals surface area contributed by atoms with Crippen molar-refractivity contribution in [2.45, 2.75) is 6.54 Å². The van der Waals surface area contributed by atoms with Crippen LogP contribution in [0.15, 0.2) is 65.6 Å². The largest absolute Gasteiger partial charge is 0.353 e. The number of amides is 2. The first-order valence-corrected chi connectivity index (χ1v) is 8.44. The van der Waals surface area contributed by atoms with Gasteiger partial charge >= 0.3 is 0 Å². The maximum Gasteiger partial charge on any atom is 0.254 e. The summed E-state index contributed by atoms with van der Waals surface area (Å²) in [6, 6.07) is 14.2. The van der Waals surface area contributed by atoms with Crippen molar-refractivity contribution in [3.63, 3.8) is 0 Å². The maximum atomic E-state index is 13.5. The predicted molar refractivity (Wildman–Crippen MR) is 100.0 cm³/mol. The number of nitrogens with zero attached hydrogens (tertiary/aromatic N) is 1. The fourth-order valence-electron chi connectivity index (χ4n) is 2.73. The van der Waals surface area contributed by atoms with Crippen LogP contribution in [0.2, 0.25) is 0 Å². The van der Waals surface area contributed by atoms with Crippen LogP contribution in [0.25, 0.3) is 10.9 Å². The standard InChI is InChI=1S/C20H18FN3O3/c21-16-7-3-1-5-14(16)20(27)23-11-10-22-19(26)13-24-12-9-18(25)15-6-2-4-8-17(15)24/h1-9,12H,10-11,13H2,(H,22,26)(H,23,27). The Morgan fingerprint density at radius 3 is 2.44 bits per heavy atom. The van der Waals surface area contributed by atoms with E-state index in [2.05, 4.69) is 10.6 Å². The average Bonchev–Trinajstić information content (AvgIpc) is 2.68. The monoisotopic (exact) mass is 367 g/mol. The van der Waals surface area contributed by atoms with Crippen LogP contribution in [0.3, 0.4) is 0 Å². The quantitative estimate of drug-likeness (QED) is 0.651. The van der Waals surface area contributed by atoms with E-state index in [1.807, 2.05) is 0 Å². The predicted octanol–water partition coefficient (Wildman–Crippen LogP) is 1.69. The van der Waals surface area contributed by atoms with Crippen LogP contribution in [0.5, 0.6) is 0 Å². The summed E-state index contributed by atoms with van der Waals surface area (Å²) in [5, 5.41) is 5.79. The summed E-state index contributed by atoms with van der Waals surface area (Å²) < 4.78 is 15.2. The van der Waals surface area contributed by atoms with Gasteiger partial charge in [-0.1, -0.05) is 24.3 Å². The molecule has 0 bridgehead atoms. The topological polar surface area (TPSA) is 80.2 Å². The molecule has 0 aliphatic heterocycles. The molecule has 3 aromatic rings. The van der Waals surface area contributed by atoms with Gasteiger partial charge in [0.15, 0.2) is 5.43 Å². The Hall–Kier alpha value is -3.48. The Morgan fingerprint density at radius 1 is 0.926 bits per heavy atom. The number of para-hydroxylation sites is 1. The number of fused-ring (bicyclic) bond motifs is 1. The zero-order chi connectivity index (χ0) is 19.2. The van der Waals surface area contributed by atoms with Crippen molar-refractivity contribution in [1.82, 2.24) is 15.2 Å². The normalized spacial score (nSPS) is 10.6. The molecule has 2 amide bonds. The third kappa shape index (κ3) is 4.38. The molecule has 6 nitrogen and oxygen atoms in total. The molecule has 2 aromatic carbocycles. The van der Waals surface area contributed by atoms with E-state index in [4.69, 9.17) is 0 Å². The molecule has 3 rings (SSSR count). The van der Waals surface area contributed by atoms with Crippen LogP contribution in [0, 0.1) is 5.82 Å². The number of benzene rings is 2. The van der Waals surface area contributed by atoms with Gasteiger partial charge in [-0.25, -0.2) is 4.39 Å². The Morgan fingerprint density at radius 2 is 1.63 bits per heavy atom.